The first-order chi connectivity index (χ1) is 11.1. The summed E-state index contributed by atoms with van der Waals surface area (Å²) in [5.74, 6) is 0.0139. The van der Waals surface area contributed by atoms with Crippen molar-refractivity contribution in [3.63, 3.8) is 0 Å². The number of halogens is 1. The summed E-state index contributed by atoms with van der Waals surface area (Å²) in [5, 5.41) is 8.82. The largest absolute Gasteiger partial charge is 0.462 e. The number of ether oxygens (including phenoxy) is 1. The van der Waals surface area contributed by atoms with Crippen LogP contribution in [-0.2, 0) is 9.53 Å². The fraction of sp³-hybridized carbons (Fsp3) is 0.438. The Morgan fingerprint density at radius 2 is 2.09 bits per heavy atom. The third kappa shape index (κ3) is 2.73. The summed E-state index contributed by atoms with van der Waals surface area (Å²) >= 11 is 1.37. The third-order valence-electron chi connectivity index (χ3n) is 4.07. The van der Waals surface area contributed by atoms with E-state index in [0.29, 0.717) is 23.0 Å². The zero-order valence-corrected chi connectivity index (χ0v) is 13.4. The molecular weight excluding hydrogens is 317 g/mol. The molecule has 2 heterocycles. The lowest BCUT2D eigenvalue weighted by Gasteiger charge is -2.10. The summed E-state index contributed by atoms with van der Waals surface area (Å²) in [4.78, 5) is 11.9. The highest BCUT2D eigenvalue weighted by molar-refractivity contribution is 8.00. The highest BCUT2D eigenvalue weighted by Crippen LogP contribution is 2.43. The quantitative estimate of drug-likeness (QED) is 0.804. The molecule has 7 heteroatoms. The Bertz CT molecular complexity index is 760. The molecule has 0 bridgehead atoms. The maximum Gasteiger partial charge on any atom is 0.319 e. The molecule has 4 rings (SSSR count). The molecular formula is C16H16FN3O2S. The van der Waals surface area contributed by atoms with Crippen LogP contribution in [0.5, 0.6) is 0 Å². The van der Waals surface area contributed by atoms with Crippen LogP contribution in [0.3, 0.4) is 0 Å². The van der Waals surface area contributed by atoms with Crippen molar-refractivity contribution in [2.75, 3.05) is 0 Å². The fourth-order valence-electron chi connectivity index (χ4n) is 2.79. The van der Waals surface area contributed by atoms with Gasteiger partial charge in [0.05, 0.1) is 5.56 Å². The molecule has 2 aromatic rings. The number of hydrogen-bond acceptors (Lipinski definition) is 5. The van der Waals surface area contributed by atoms with Crippen LogP contribution >= 0.6 is 11.8 Å². The fourth-order valence-corrected chi connectivity index (χ4v) is 4.00. The monoisotopic (exact) mass is 333 g/mol. The zero-order chi connectivity index (χ0) is 16.0. The van der Waals surface area contributed by atoms with E-state index in [1.165, 1.54) is 17.8 Å². The number of nitrogens with zero attached hydrogens (tertiary/aromatic N) is 3. The Balaban J connectivity index is 1.69. The molecule has 0 amide bonds. The van der Waals surface area contributed by atoms with Gasteiger partial charge in [-0.05, 0) is 31.9 Å². The van der Waals surface area contributed by atoms with E-state index in [1.54, 1.807) is 18.2 Å². The van der Waals surface area contributed by atoms with Crippen LogP contribution in [0.1, 0.15) is 32.2 Å². The van der Waals surface area contributed by atoms with Gasteiger partial charge in [-0.25, -0.2) is 4.39 Å². The number of rotatable bonds is 4. The van der Waals surface area contributed by atoms with Crippen molar-refractivity contribution in [3.05, 3.63) is 30.1 Å². The molecule has 120 valence electrons. The minimum Gasteiger partial charge on any atom is -0.462 e. The highest BCUT2D eigenvalue weighted by atomic mass is 32.2. The van der Waals surface area contributed by atoms with Crippen LogP contribution in [0.4, 0.5) is 4.39 Å². The average Bonchev–Trinajstić information content (AvgIpc) is 3.20. The number of hydrogen-bond donors (Lipinski definition) is 0. The first-order valence-corrected chi connectivity index (χ1v) is 8.58. The Labute approximate surface area is 137 Å². The van der Waals surface area contributed by atoms with Gasteiger partial charge in [-0.3, -0.25) is 9.36 Å². The summed E-state index contributed by atoms with van der Waals surface area (Å²) in [5.41, 5.74) is 0.445. The van der Waals surface area contributed by atoms with E-state index >= 15 is 0 Å². The van der Waals surface area contributed by atoms with Gasteiger partial charge < -0.3 is 4.74 Å². The van der Waals surface area contributed by atoms with Crippen molar-refractivity contribution in [2.24, 2.45) is 0 Å². The average molecular weight is 333 g/mol. The predicted molar refractivity (Wildman–Crippen MR) is 83.5 cm³/mol. The molecule has 0 spiro atoms. The molecule has 1 aromatic carbocycles. The molecule has 0 radical (unpaired) electrons. The van der Waals surface area contributed by atoms with E-state index in [4.69, 9.17) is 4.74 Å². The molecule has 1 aromatic heterocycles. The van der Waals surface area contributed by atoms with Crippen LogP contribution in [0.2, 0.25) is 0 Å². The summed E-state index contributed by atoms with van der Waals surface area (Å²) < 4.78 is 21.3. The van der Waals surface area contributed by atoms with Crippen LogP contribution < -0.4 is 0 Å². The maximum atomic E-state index is 14.1. The van der Waals surface area contributed by atoms with Crippen molar-refractivity contribution >= 4 is 17.7 Å². The molecule has 1 aliphatic heterocycles. The summed E-state index contributed by atoms with van der Waals surface area (Å²) in [6.07, 6.45) is 2.65. The van der Waals surface area contributed by atoms with Gasteiger partial charge >= 0.3 is 5.97 Å². The second-order valence-corrected chi connectivity index (χ2v) is 7.15. The van der Waals surface area contributed by atoms with E-state index in [-0.39, 0.29) is 29.2 Å². The number of aromatic nitrogens is 3. The first kappa shape index (κ1) is 14.7. The van der Waals surface area contributed by atoms with Gasteiger partial charge in [0.1, 0.15) is 17.2 Å². The molecule has 1 aliphatic carbocycles. The normalized spacial score (nSPS) is 24.0. The van der Waals surface area contributed by atoms with E-state index in [2.05, 4.69) is 10.2 Å². The second-order valence-electron chi connectivity index (χ2n) is 5.98. The van der Waals surface area contributed by atoms with E-state index in [1.807, 2.05) is 11.5 Å². The zero-order valence-electron chi connectivity index (χ0n) is 12.6. The van der Waals surface area contributed by atoms with Gasteiger partial charge in [-0.1, -0.05) is 23.9 Å². The lowest BCUT2D eigenvalue weighted by atomic mass is 10.2. The van der Waals surface area contributed by atoms with Crippen molar-refractivity contribution in [3.8, 4) is 11.4 Å². The summed E-state index contributed by atoms with van der Waals surface area (Å²) in [6.45, 7) is 1.88. The molecule has 2 aliphatic rings. The van der Waals surface area contributed by atoms with Crippen LogP contribution in [0, 0.1) is 5.82 Å². The minimum absolute atomic E-state index is 0.0664. The number of carbonyl (C=O) groups excluding carboxylic acids is 1. The van der Waals surface area contributed by atoms with Gasteiger partial charge in [0.2, 0.25) is 0 Å². The van der Waals surface area contributed by atoms with Gasteiger partial charge in [-0.15, -0.1) is 10.2 Å². The topological polar surface area (TPSA) is 57.0 Å². The Morgan fingerprint density at radius 3 is 2.74 bits per heavy atom. The third-order valence-corrected chi connectivity index (χ3v) is 5.22. The first-order valence-electron chi connectivity index (χ1n) is 7.70. The van der Waals surface area contributed by atoms with Crippen molar-refractivity contribution in [1.82, 2.24) is 14.8 Å². The van der Waals surface area contributed by atoms with Gasteiger partial charge in [0, 0.05) is 12.5 Å². The predicted octanol–water partition coefficient (Wildman–Crippen LogP) is 3.22. The van der Waals surface area contributed by atoms with Crippen LogP contribution in [0.15, 0.2) is 29.4 Å². The smallest absolute Gasteiger partial charge is 0.319 e. The lowest BCUT2D eigenvalue weighted by Crippen LogP contribution is -2.11. The SMILES string of the molecule is C[C@H]1C[C@H](Sc2nnc(-c3ccccc3F)n2C2CC2)C(=O)O1. The molecule has 0 N–H and O–H groups in total. The van der Waals surface area contributed by atoms with E-state index < -0.39 is 0 Å². The molecule has 2 fully saturated rings. The number of esters is 1. The Morgan fingerprint density at radius 1 is 1.30 bits per heavy atom. The highest BCUT2D eigenvalue weighted by Gasteiger charge is 2.37. The van der Waals surface area contributed by atoms with Gasteiger partial charge in [0.15, 0.2) is 11.0 Å². The maximum absolute atomic E-state index is 14.1. The molecule has 5 nitrogen and oxygen atoms in total. The van der Waals surface area contributed by atoms with E-state index in [0.717, 1.165) is 12.8 Å². The van der Waals surface area contributed by atoms with Gasteiger partial charge in [-0.2, -0.15) is 0 Å². The number of benzene rings is 1. The molecule has 0 unspecified atom stereocenters. The van der Waals surface area contributed by atoms with Crippen LogP contribution in [-0.4, -0.2) is 32.1 Å². The standard InChI is InChI=1S/C16H16FN3O2S/c1-9-8-13(15(21)22-9)23-16-19-18-14(20(16)10-6-7-10)11-4-2-3-5-12(11)17/h2-5,9-10,13H,6-8H2,1H3/t9-,13-/m0/s1. The minimum atomic E-state index is -0.313. The second kappa shape index (κ2) is 5.63. The Kier molecular flexibility index (Phi) is 3.60. The number of thioether (sulfide) groups is 1. The molecule has 1 saturated carbocycles. The number of carbonyl (C=O) groups is 1. The Hall–Kier alpha value is -1.89. The van der Waals surface area contributed by atoms with Crippen molar-refractivity contribution in [2.45, 2.75) is 48.7 Å². The van der Waals surface area contributed by atoms with Gasteiger partial charge in [0.25, 0.3) is 0 Å². The van der Waals surface area contributed by atoms with E-state index in [9.17, 15) is 9.18 Å². The number of cyclic esters (lactones) is 1. The van der Waals surface area contributed by atoms with Crippen LogP contribution in [0.25, 0.3) is 11.4 Å². The summed E-state index contributed by atoms with van der Waals surface area (Å²) in [6, 6.07) is 6.86. The summed E-state index contributed by atoms with van der Waals surface area (Å²) in [7, 11) is 0. The molecule has 2 atom stereocenters. The van der Waals surface area contributed by atoms with Crippen molar-refractivity contribution < 1.29 is 13.9 Å². The molecule has 1 saturated heterocycles. The lowest BCUT2D eigenvalue weighted by molar-refractivity contribution is -0.140. The molecule has 23 heavy (non-hydrogen) atoms. The van der Waals surface area contributed by atoms with Crippen molar-refractivity contribution in [1.29, 1.82) is 0 Å².